The Morgan fingerprint density at radius 2 is 2.50 bits per heavy atom. The molecule has 0 saturated carbocycles. The highest BCUT2D eigenvalue weighted by atomic mass is 35.5. The lowest BCUT2D eigenvalue weighted by atomic mass is 10.5. The van der Waals surface area contributed by atoms with Crippen LogP contribution in [0.1, 0.15) is 5.82 Å². The van der Waals surface area contributed by atoms with Gasteiger partial charge in [-0.25, -0.2) is 4.68 Å². The van der Waals surface area contributed by atoms with Crippen LogP contribution in [-0.4, -0.2) is 20.2 Å². The van der Waals surface area contributed by atoms with Crippen LogP contribution in [0.5, 0.6) is 0 Å². The van der Waals surface area contributed by atoms with Gasteiger partial charge in [-0.2, -0.15) is 0 Å². The third-order valence-corrected chi connectivity index (χ3v) is 2.93. The topological polar surface area (TPSA) is 55.6 Å². The molecular weight excluding hydrogens is 222 g/mol. The van der Waals surface area contributed by atoms with E-state index >= 15 is 0 Å². The summed E-state index contributed by atoms with van der Waals surface area (Å²) in [6.45, 7) is 0.569. The van der Waals surface area contributed by atoms with E-state index in [1.54, 1.807) is 11.7 Å². The van der Waals surface area contributed by atoms with Gasteiger partial charge in [0.25, 0.3) is 0 Å². The highest BCUT2D eigenvalue weighted by Gasteiger charge is 2.04. The molecule has 0 fully saturated rings. The molecule has 0 saturated heterocycles. The van der Waals surface area contributed by atoms with Crippen molar-refractivity contribution in [2.45, 2.75) is 6.54 Å². The molecule has 2 aromatic heterocycles. The van der Waals surface area contributed by atoms with Crippen molar-refractivity contribution < 1.29 is 0 Å². The van der Waals surface area contributed by atoms with Gasteiger partial charge >= 0.3 is 0 Å². The highest BCUT2D eigenvalue weighted by Crippen LogP contribution is 2.27. The molecule has 2 aromatic rings. The quantitative estimate of drug-likeness (QED) is 0.868. The summed E-state index contributed by atoms with van der Waals surface area (Å²) in [6, 6.07) is 1.93. The van der Waals surface area contributed by atoms with Crippen molar-refractivity contribution in [2.75, 3.05) is 5.32 Å². The second kappa shape index (κ2) is 3.93. The van der Waals surface area contributed by atoms with Crippen LogP contribution in [0.2, 0.25) is 4.34 Å². The Labute approximate surface area is 89.7 Å². The molecule has 0 unspecified atom stereocenters. The van der Waals surface area contributed by atoms with Gasteiger partial charge in [0, 0.05) is 7.05 Å². The van der Waals surface area contributed by atoms with Crippen molar-refractivity contribution in [3.8, 4) is 0 Å². The van der Waals surface area contributed by atoms with Gasteiger partial charge < -0.3 is 5.32 Å². The van der Waals surface area contributed by atoms with Crippen molar-refractivity contribution >= 4 is 28.6 Å². The number of rotatable bonds is 3. The van der Waals surface area contributed by atoms with Crippen LogP contribution in [-0.2, 0) is 13.6 Å². The number of hydrogen-bond acceptors (Lipinski definition) is 5. The van der Waals surface area contributed by atoms with Crippen molar-refractivity contribution in [2.24, 2.45) is 7.05 Å². The monoisotopic (exact) mass is 229 g/mol. The van der Waals surface area contributed by atoms with Crippen LogP contribution in [0.4, 0.5) is 5.69 Å². The number of thiophene rings is 1. The number of hydrogen-bond donors (Lipinski definition) is 1. The summed E-state index contributed by atoms with van der Waals surface area (Å²) >= 11 is 7.41. The zero-order chi connectivity index (χ0) is 9.97. The van der Waals surface area contributed by atoms with E-state index in [-0.39, 0.29) is 0 Å². The zero-order valence-corrected chi connectivity index (χ0v) is 9.01. The minimum Gasteiger partial charge on any atom is -0.376 e. The predicted octanol–water partition coefficient (Wildman–Crippen LogP) is 1.54. The third kappa shape index (κ3) is 1.85. The van der Waals surface area contributed by atoms with Gasteiger partial charge in [-0.3, -0.25) is 0 Å². The summed E-state index contributed by atoms with van der Waals surface area (Å²) in [5.41, 5.74) is 0.916. The second-order valence-electron chi connectivity index (χ2n) is 2.68. The fraction of sp³-hybridized carbons (Fsp3) is 0.286. The fourth-order valence-electron chi connectivity index (χ4n) is 0.991. The summed E-state index contributed by atoms with van der Waals surface area (Å²) in [4.78, 5) is 0. The van der Waals surface area contributed by atoms with E-state index in [1.165, 1.54) is 11.3 Å². The molecule has 2 rings (SSSR count). The van der Waals surface area contributed by atoms with Crippen LogP contribution in [0.15, 0.2) is 11.4 Å². The summed E-state index contributed by atoms with van der Waals surface area (Å²) in [5.74, 6) is 0.771. The van der Waals surface area contributed by atoms with Gasteiger partial charge in [0.05, 0.1) is 12.2 Å². The lowest BCUT2D eigenvalue weighted by molar-refractivity contribution is 0.683. The van der Waals surface area contributed by atoms with Crippen LogP contribution in [0.25, 0.3) is 0 Å². The lowest BCUT2D eigenvalue weighted by Gasteiger charge is -2.02. The van der Waals surface area contributed by atoms with Gasteiger partial charge in [-0.1, -0.05) is 11.6 Å². The first-order chi connectivity index (χ1) is 6.77. The molecule has 5 nitrogen and oxygen atoms in total. The van der Waals surface area contributed by atoms with Gasteiger partial charge in [-0.15, -0.1) is 16.4 Å². The van der Waals surface area contributed by atoms with E-state index in [0.717, 1.165) is 15.8 Å². The van der Waals surface area contributed by atoms with Crippen LogP contribution < -0.4 is 5.32 Å². The normalized spacial score (nSPS) is 10.4. The van der Waals surface area contributed by atoms with Gasteiger partial charge in [0.15, 0.2) is 5.82 Å². The molecule has 0 aliphatic heterocycles. The summed E-state index contributed by atoms with van der Waals surface area (Å²) < 4.78 is 2.37. The Morgan fingerprint density at radius 1 is 1.64 bits per heavy atom. The molecule has 74 valence electrons. The van der Waals surface area contributed by atoms with E-state index in [1.807, 2.05) is 11.4 Å². The standard InChI is InChI=1S/C7H8ClN5S/c1-13-6(10-11-12-13)4-9-5-2-3-14-7(5)8/h2-3,9H,4H2,1H3. The Kier molecular flexibility index (Phi) is 2.64. The Balaban J connectivity index is 2.02. The first-order valence-corrected chi connectivity index (χ1v) is 5.21. The van der Waals surface area contributed by atoms with E-state index < -0.39 is 0 Å². The van der Waals surface area contributed by atoms with Crippen LogP contribution in [0.3, 0.4) is 0 Å². The molecule has 0 aliphatic rings. The lowest BCUT2D eigenvalue weighted by Crippen LogP contribution is -2.06. The number of tetrazole rings is 1. The van der Waals surface area contributed by atoms with Crippen molar-refractivity contribution in [3.05, 3.63) is 21.6 Å². The maximum Gasteiger partial charge on any atom is 0.170 e. The Bertz CT molecular complexity index is 383. The molecule has 14 heavy (non-hydrogen) atoms. The van der Waals surface area contributed by atoms with Crippen molar-refractivity contribution in [1.82, 2.24) is 20.2 Å². The number of nitrogens with one attached hydrogen (secondary N) is 1. The second-order valence-corrected chi connectivity index (χ2v) is 4.20. The average Bonchev–Trinajstić information content (AvgIpc) is 2.72. The smallest absolute Gasteiger partial charge is 0.170 e. The molecule has 0 amide bonds. The molecular formula is C7H8ClN5S. The molecule has 7 heteroatoms. The molecule has 2 heterocycles. The van der Waals surface area contributed by atoms with Gasteiger partial charge in [-0.05, 0) is 21.9 Å². The number of halogens is 1. The SMILES string of the molecule is Cn1nnnc1CNc1ccsc1Cl. The van der Waals surface area contributed by atoms with E-state index in [0.29, 0.717) is 6.54 Å². The first-order valence-electron chi connectivity index (χ1n) is 3.95. The summed E-state index contributed by atoms with van der Waals surface area (Å²) in [7, 11) is 1.80. The predicted molar refractivity (Wildman–Crippen MR) is 55.5 cm³/mol. The highest BCUT2D eigenvalue weighted by molar-refractivity contribution is 7.15. The van der Waals surface area contributed by atoms with Gasteiger partial charge in [0.2, 0.25) is 0 Å². The number of nitrogens with zero attached hydrogens (tertiary/aromatic N) is 4. The molecule has 0 spiro atoms. The Morgan fingerprint density at radius 3 is 3.07 bits per heavy atom. The zero-order valence-electron chi connectivity index (χ0n) is 7.44. The summed E-state index contributed by atoms with van der Waals surface area (Å²) in [5, 5.41) is 16.2. The first kappa shape index (κ1) is 9.42. The number of aryl methyl sites for hydroxylation is 1. The molecule has 1 N–H and O–H groups in total. The maximum absolute atomic E-state index is 5.92. The molecule has 0 bridgehead atoms. The summed E-state index contributed by atoms with van der Waals surface area (Å²) in [6.07, 6.45) is 0. The molecule has 0 radical (unpaired) electrons. The maximum atomic E-state index is 5.92. The largest absolute Gasteiger partial charge is 0.376 e. The average molecular weight is 230 g/mol. The fourth-order valence-corrected chi connectivity index (χ4v) is 1.87. The Hall–Kier alpha value is -1.14. The molecule has 0 aromatic carbocycles. The third-order valence-electron chi connectivity index (χ3n) is 1.76. The van der Waals surface area contributed by atoms with Crippen LogP contribution in [0, 0.1) is 0 Å². The minimum atomic E-state index is 0.569. The van der Waals surface area contributed by atoms with E-state index in [4.69, 9.17) is 11.6 Å². The minimum absolute atomic E-state index is 0.569. The van der Waals surface area contributed by atoms with Crippen LogP contribution >= 0.6 is 22.9 Å². The van der Waals surface area contributed by atoms with Gasteiger partial charge in [0.1, 0.15) is 4.34 Å². The molecule has 0 atom stereocenters. The van der Waals surface area contributed by atoms with Crippen molar-refractivity contribution in [1.29, 1.82) is 0 Å². The number of anilines is 1. The molecule has 0 aliphatic carbocycles. The van der Waals surface area contributed by atoms with Crippen molar-refractivity contribution in [3.63, 3.8) is 0 Å². The van der Waals surface area contributed by atoms with E-state index in [9.17, 15) is 0 Å². The number of aromatic nitrogens is 4. The van der Waals surface area contributed by atoms with E-state index in [2.05, 4.69) is 20.8 Å².